The molecular weight excluding hydrogens is 280 g/mol. The van der Waals surface area contributed by atoms with Crippen LogP contribution in [-0.4, -0.2) is 22.2 Å². The number of nitrogens with zero attached hydrogens (tertiary/aromatic N) is 5. The van der Waals surface area contributed by atoms with Gasteiger partial charge in [-0.3, -0.25) is 0 Å². The molecule has 1 aromatic rings. The fourth-order valence-corrected chi connectivity index (χ4v) is 1.43. The summed E-state index contributed by atoms with van der Waals surface area (Å²) in [7, 11) is 0. The molecule has 0 aliphatic heterocycles. The van der Waals surface area contributed by atoms with E-state index in [0.717, 1.165) is 0 Å². The van der Waals surface area contributed by atoms with Gasteiger partial charge in [-0.05, 0) is 25.8 Å². The van der Waals surface area contributed by atoms with Crippen LogP contribution < -0.4 is 10.5 Å². The molecule has 1 aromatic heterocycles. The molecule has 0 radical (unpaired) electrons. The SMILES string of the molecule is CC(C)COc1c(C(N)=NC#N)cnn1C=CC(C)(C)C#N. The van der Waals surface area contributed by atoms with Gasteiger partial charge in [-0.25, -0.2) is 4.68 Å². The highest BCUT2D eigenvalue weighted by molar-refractivity contribution is 6.00. The number of rotatable bonds is 6. The average molecular weight is 300 g/mol. The first-order valence-corrected chi connectivity index (χ1v) is 6.84. The predicted octanol–water partition coefficient (Wildman–Crippen LogP) is 2.12. The minimum absolute atomic E-state index is 0.0421. The fraction of sp³-hybridized carbons (Fsp3) is 0.467. The van der Waals surface area contributed by atoms with Gasteiger partial charge in [0.25, 0.3) is 0 Å². The zero-order chi connectivity index (χ0) is 16.8. The molecule has 0 fully saturated rings. The summed E-state index contributed by atoms with van der Waals surface area (Å²) in [5.74, 6) is 0.750. The molecule has 7 nitrogen and oxygen atoms in total. The van der Waals surface area contributed by atoms with Crippen molar-refractivity contribution < 1.29 is 4.74 Å². The molecule has 0 aliphatic rings. The molecule has 1 rings (SSSR count). The molecule has 1 heterocycles. The first-order chi connectivity index (χ1) is 10.3. The maximum atomic E-state index is 9.04. The van der Waals surface area contributed by atoms with Crippen LogP contribution in [0.3, 0.4) is 0 Å². The molecule has 0 saturated heterocycles. The summed E-state index contributed by atoms with van der Waals surface area (Å²) >= 11 is 0. The standard InChI is InChI=1S/C15H20N6O/c1-11(2)8-22-14-12(13(18)19-10-17)7-20-21(14)6-5-15(3,4)9-16/h5-7,11H,8H2,1-4H3,(H2,18,19). The molecule has 0 amide bonds. The number of aliphatic imine (C=N–C) groups is 1. The first kappa shape index (κ1) is 17.3. The summed E-state index contributed by atoms with van der Waals surface area (Å²) in [5, 5.41) is 21.8. The van der Waals surface area contributed by atoms with Gasteiger partial charge in [0, 0.05) is 6.20 Å². The zero-order valence-corrected chi connectivity index (χ0v) is 13.2. The molecule has 116 valence electrons. The molecule has 7 heteroatoms. The topological polar surface area (TPSA) is 113 Å². The minimum atomic E-state index is -0.631. The van der Waals surface area contributed by atoms with Gasteiger partial charge in [-0.2, -0.15) is 20.6 Å². The maximum absolute atomic E-state index is 9.04. The number of hydrogen-bond acceptors (Lipinski definition) is 5. The van der Waals surface area contributed by atoms with E-state index in [1.807, 2.05) is 13.8 Å². The molecule has 2 N–H and O–H groups in total. The van der Waals surface area contributed by atoms with Gasteiger partial charge >= 0.3 is 0 Å². The Morgan fingerprint density at radius 2 is 2.23 bits per heavy atom. The second-order valence-electron chi connectivity index (χ2n) is 5.76. The van der Waals surface area contributed by atoms with Crippen molar-refractivity contribution in [3.8, 4) is 18.1 Å². The lowest BCUT2D eigenvalue weighted by molar-refractivity contribution is 0.255. The second kappa shape index (κ2) is 7.28. The lowest BCUT2D eigenvalue weighted by Gasteiger charge is -2.12. The number of nitrogens with two attached hydrogens (primary N) is 1. The Bertz CT molecular complexity index is 655. The van der Waals surface area contributed by atoms with Crippen molar-refractivity contribution in [2.45, 2.75) is 27.7 Å². The summed E-state index contributed by atoms with van der Waals surface area (Å²) in [6.45, 7) is 8.07. The Kier molecular flexibility index (Phi) is 5.71. The van der Waals surface area contributed by atoms with Crippen molar-refractivity contribution >= 4 is 12.0 Å². The number of ether oxygens (including phenoxy) is 1. The van der Waals surface area contributed by atoms with E-state index in [2.05, 4.69) is 16.2 Å². The molecule has 0 aromatic carbocycles. The Hall–Kier alpha value is -2.80. The third kappa shape index (κ3) is 4.64. The Labute approximate surface area is 130 Å². The van der Waals surface area contributed by atoms with E-state index in [-0.39, 0.29) is 5.84 Å². The van der Waals surface area contributed by atoms with Crippen molar-refractivity contribution in [1.29, 1.82) is 10.5 Å². The lowest BCUT2D eigenvalue weighted by Crippen LogP contribution is -2.16. The van der Waals surface area contributed by atoms with Gasteiger partial charge in [-0.15, -0.1) is 0 Å². The van der Waals surface area contributed by atoms with Crippen LogP contribution in [0, 0.1) is 34.1 Å². The summed E-state index contributed by atoms with van der Waals surface area (Å²) in [6, 6.07) is 2.17. The number of allylic oxidation sites excluding steroid dienone is 1. The van der Waals surface area contributed by atoms with E-state index < -0.39 is 5.41 Å². The monoisotopic (exact) mass is 300 g/mol. The summed E-state index contributed by atoms with van der Waals surface area (Å²) in [4.78, 5) is 3.51. The molecule has 22 heavy (non-hydrogen) atoms. The van der Waals surface area contributed by atoms with Crippen LogP contribution in [0.25, 0.3) is 6.20 Å². The van der Waals surface area contributed by atoms with E-state index in [9.17, 15) is 0 Å². The van der Waals surface area contributed by atoms with Crippen LogP contribution in [-0.2, 0) is 0 Å². The molecule has 0 saturated carbocycles. The molecule has 0 spiro atoms. The lowest BCUT2D eigenvalue weighted by atomic mass is 9.96. The Morgan fingerprint density at radius 1 is 1.55 bits per heavy atom. The van der Waals surface area contributed by atoms with Gasteiger partial charge in [0.15, 0.2) is 0 Å². The van der Waals surface area contributed by atoms with Crippen molar-refractivity contribution in [2.24, 2.45) is 22.1 Å². The van der Waals surface area contributed by atoms with Crippen molar-refractivity contribution in [2.75, 3.05) is 6.61 Å². The van der Waals surface area contributed by atoms with Gasteiger partial charge < -0.3 is 10.5 Å². The second-order valence-corrected chi connectivity index (χ2v) is 5.76. The smallest absolute Gasteiger partial charge is 0.227 e. The van der Waals surface area contributed by atoms with Crippen molar-refractivity contribution in [3.63, 3.8) is 0 Å². The number of aromatic nitrogens is 2. The van der Waals surface area contributed by atoms with Gasteiger partial charge in [0.2, 0.25) is 12.1 Å². The molecule has 0 bridgehead atoms. The molecule has 0 aliphatic carbocycles. The van der Waals surface area contributed by atoms with E-state index in [1.54, 1.807) is 32.3 Å². The summed E-state index contributed by atoms with van der Waals surface area (Å²) in [6.07, 6.45) is 6.48. The molecular formula is C15H20N6O. The fourth-order valence-electron chi connectivity index (χ4n) is 1.43. The minimum Gasteiger partial charge on any atom is -0.477 e. The van der Waals surface area contributed by atoms with E-state index >= 15 is 0 Å². The first-order valence-electron chi connectivity index (χ1n) is 6.84. The third-order valence-electron chi connectivity index (χ3n) is 2.67. The van der Waals surface area contributed by atoms with Crippen LogP contribution in [0.5, 0.6) is 5.88 Å². The molecule has 0 unspecified atom stereocenters. The van der Waals surface area contributed by atoms with Crippen LogP contribution >= 0.6 is 0 Å². The maximum Gasteiger partial charge on any atom is 0.227 e. The highest BCUT2D eigenvalue weighted by atomic mass is 16.5. The normalized spacial score (nSPS) is 12.4. The van der Waals surface area contributed by atoms with Crippen molar-refractivity contribution in [3.05, 3.63) is 17.8 Å². The van der Waals surface area contributed by atoms with Crippen LogP contribution in [0.1, 0.15) is 33.3 Å². The summed E-state index contributed by atoms with van der Waals surface area (Å²) < 4.78 is 7.21. The van der Waals surface area contributed by atoms with Crippen LogP contribution in [0.4, 0.5) is 0 Å². The van der Waals surface area contributed by atoms with E-state index in [1.165, 1.54) is 10.9 Å². The van der Waals surface area contributed by atoms with Gasteiger partial charge in [0.1, 0.15) is 5.84 Å². The number of amidine groups is 1. The Morgan fingerprint density at radius 3 is 2.77 bits per heavy atom. The third-order valence-corrected chi connectivity index (χ3v) is 2.67. The molecule has 0 atom stereocenters. The van der Waals surface area contributed by atoms with Gasteiger partial charge in [-0.1, -0.05) is 13.8 Å². The van der Waals surface area contributed by atoms with Crippen LogP contribution in [0.2, 0.25) is 0 Å². The quantitative estimate of drug-likeness (QED) is 0.491. The van der Waals surface area contributed by atoms with Gasteiger partial charge in [0.05, 0.1) is 29.9 Å². The largest absolute Gasteiger partial charge is 0.477 e. The Balaban J connectivity index is 3.21. The van der Waals surface area contributed by atoms with E-state index in [0.29, 0.717) is 24.0 Å². The average Bonchev–Trinajstić information content (AvgIpc) is 2.86. The zero-order valence-electron chi connectivity index (χ0n) is 13.2. The van der Waals surface area contributed by atoms with E-state index in [4.69, 9.17) is 21.0 Å². The van der Waals surface area contributed by atoms with Crippen molar-refractivity contribution in [1.82, 2.24) is 9.78 Å². The van der Waals surface area contributed by atoms with Crippen LogP contribution in [0.15, 0.2) is 17.3 Å². The number of hydrogen-bond donors (Lipinski definition) is 1. The highest BCUT2D eigenvalue weighted by Gasteiger charge is 2.17. The predicted molar refractivity (Wildman–Crippen MR) is 83.6 cm³/mol. The summed E-state index contributed by atoms with van der Waals surface area (Å²) in [5.41, 5.74) is 5.57. The highest BCUT2D eigenvalue weighted by Crippen LogP contribution is 2.22. The number of nitriles is 2.